The van der Waals surface area contributed by atoms with Gasteiger partial charge in [0, 0.05) is 19.6 Å². The average Bonchev–Trinajstić information content (AvgIpc) is 3.73. The summed E-state index contributed by atoms with van der Waals surface area (Å²) < 4.78 is 0. The molecule has 20 nitrogen and oxygen atoms in total. The zero-order chi connectivity index (χ0) is 36.0. The van der Waals surface area contributed by atoms with Gasteiger partial charge in [0.25, 0.3) is 0 Å². The summed E-state index contributed by atoms with van der Waals surface area (Å²) in [6.07, 6.45) is 2.21. The van der Waals surface area contributed by atoms with E-state index in [9.17, 15) is 43.5 Å². The van der Waals surface area contributed by atoms with Crippen LogP contribution in [0, 0.1) is 0 Å². The van der Waals surface area contributed by atoms with Gasteiger partial charge in [-0.2, -0.15) is 0 Å². The Kier molecular flexibility index (Phi) is 15.5. The molecule has 2 rings (SSSR count). The second-order valence-corrected chi connectivity index (χ2v) is 11.5. The third kappa shape index (κ3) is 12.0. The Morgan fingerprint density at radius 1 is 0.812 bits per heavy atom. The molecule has 268 valence electrons. The average molecular weight is 682 g/mol. The molecule has 12 N–H and O–H groups in total. The minimum absolute atomic E-state index is 0.0635. The van der Waals surface area contributed by atoms with Crippen LogP contribution in [0.2, 0.25) is 0 Å². The Bertz CT molecular complexity index is 1260. The van der Waals surface area contributed by atoms with E-state index in [1.165, 1.54) is 23.6 Å². The minimum Gasteiger partial charge on any atom is -0.480 e. The molecule has 7 amide bonds. The first-order valence-corrected chi connectivity index (χ1v) is 15.7. The van der Waals surface area contributed by atoms with Gasteiger partial charge in [0.15, 0.2) is 5.96 Å². The monoisotopic (exact) mass is 681 g/mol. The van der Waals surface area contributed by atoms with Crippen LogP contribution in [0.25, 0.3) is 0 Å². The standard InChI is InChI=1S/C28H47N11O9/c1-15(36-24(44)18-7-4-10-38(18)22(42)12-29)23(43)34-13-20(40)33-14-21(41)35-16(2)26(46)39-11-5-8-19(39)25(45)37-17(27(47)48)6-3-9-32-28(30)31/h15-19H,3-14,29H2,1-2H3,(H,33,40)(H,34,43)(H,35,41)(H,36,44)(H,37,45)(H,47,48)(H4,30,31,32)/t15-,16-,17-,18-,19-/m0/s1. The minimum atomic E-state index is -1.25. The number of hydrogen-bond acceptors (Lipinski definition) is 10. The predicted molar refractivity (Wildman–Crippen MR) is 169 cm³/mol. The van der Waals surface area contributed by atoms with Crippen molar-refractivity contribution in [3.05, 3.63) is 0 Å². The number of aliphatic imine (C=N–C) groups is 1. The van der Waals surface area contributed by atoms with Crippen LogP contribution in [0.15, 0.2) is 4.99 Å². The van der Waals surface area contributed by atoms with Crippen molar-refractivity contribution in [2.75, 3.05) is 39.3 Å². The maximum Gasteiger partial charge on any atom is 0.326 e. The number of nitrogens with zero attached hydrogens (tertiary/aromatic N) is 3. The number of rotatable bonds is 17. The Morgan fingerprint density at radius 2 is 1.40 bits per heavy atom. The van der Waals surface area contributed by atoms with E-state index in [4.69, 9.17) is 17.2 Å². The van der Waals surface area contributed by atoms with Crippen molar-refractivity contribution in [2.45, 2.75) is 82.6 Å². The van der Waals surface area contributed by atoms with E-state index >= 15 is 0 Å². The lowest BCUT2D eigenvalue weighted by Crippen LogP contribution is -2.55. The highest BCUT2D eigenvalue weighted by Crippen LogP contribution is 2.19. The number of carbonyl (C=O) groups is 8. The van der Waals surface area contributed by atoms with Crippen molar-refractivity contribution < 1.29 is 43.5 Å². The number of nitrogens with one attached hydrogen (secondary N) is 5. The number of likely N-dealkylation sites (tertiary alicyclic amines) is 2. The fraction of sp³-hybridized carbons (Fsp3) is 0.679. The Balaban J connectivity index is 1.77. The summed E-state index contributed by atoms with van der Waals surface area (Å²) in [6.45, 7) is 2.36. The molecule has 0 bridgehead atoms. The van der Waals surface area contributed by atoms with Crippen LogP contribution in [-0.4, -0.2) is 138 Å². The van der Waals surface area contributed by atoms with E-state index < -0.39 is 84.7 Å². The lowest BCUT2D eigenvalue weighted by molar-refractivity contribution is -0.144. The van der Waals surface area contributed by atoms with Crippen LogP contribution < -0.4 is 43.8 Å². The molecule has 0 radical (unpaired) electrons. The second-order valence-electron chi connectivity index (χ2n) is 11.5. The quantitative estimate of drug-likeness (QED) is 0.0395. The van der Waals surface area contributed by atoms with E-state index in [1.54, 1.807) is 0 Å². The molecule has 2 heterocycles. The van der Waals surface area contributed by atoms with Gasteiger partial charge < -0.3 is 58.7 Å². The maximum absolute atomic E-state index is 13.1. The van der Waals surface area contributed by atoms with Crippen LogP contribution in [-0.2, 0) is 38.4 Å². The number of carboxylic acids is 1. The largest absolute Gasteiger partial charge is 0.480 e. The molecule has 0 unspecified atom stereocenters. The van der Waals surface area contributed by atoms with Crippen molar-refractivity contribution in [3.8, 4) is 0 Å². The first kappa shape index (κ1) is 39.2. The smallest absolute Gasteiger partial charge is 0.326 e. The molecule has 0 aromatic rings. The van der Waals surface area contributed by atoms with Gasteiger partial charge in [-0.1, -0.05) is 0 Å². The Labute approximate surface area is 277 Å². The van der Waals surface area contributed by atoms with Crippen molar-refractivity contribution in [2.24, 2.45) is 22.2 Å². The number of guanidine groups is 1. The van der Waals surface area contributed by atoms with E-state index in [0.29, 0.717) is 38.6 Å². The van der Waals surface area contributed by atoms with Crippen molar-refractivity contribution in [1.82, 2.24) is 36.4 Å². The molecule has 2 aliphatic rings. The van der Waals surface area contributed by atoms with Gasteiger partial charge in [0.1, 0.15) is 30.2 Å². The third-order valence-electron chi connectivity index (χ3n) is 7.82. The fourth-order valence-corrected chi connectivity index (χ4v) is 5.33. The molecule has 0 spiro atoms. The zero-order valence-electron chi connectivity index (χ0n) is 27.2. The van der Waals surface area contributed by atoms with E-state index in [2.05, 4.69) is 31.6 Å². The van der Waals surface area contributed by atoms with Crippen molar-refractivity contribution >= 4 is 53.3 Å². The van der Waals surface area contributed by atoms with Crippen LogP contribution in [0.1, 0.15) is 52.4 Å². The molecule has 48 heavy (non-hydrogen) atoms. The summed E-state index contributed by atoms with van der Waals surface area (Å²) in [7, 11) is 0. The zero-order valence-corrected chi connectivity index (χ0v) is 27.2. The fourth-order valence-electron chi connectivity index (χ4n) is 5.33. The van der Waals surface area contributed by atoms with Crippen molar-refractivity contribution in [1.29, 1.82) is 0 Å². The number of carbonyl (C=O) groups excluding carboxylic acids is 7. The third-order valence-corrected chi connectivity index (χ3v) is 7.82. The van der Waals surface area contributed by atoms with Crippen LogP contribution >= 0.6 is 0 Å². The predicted octanol–water partition coefficient (Wildman–Crippen LogP) is -5.21. The first-order chi connectivity index (χ1) is 22.7. The molecular formula is C28H47N11O9. The molecule has 0 aromatic carbocycles. The molecule has 2 aliphatic heterocycles. The highest BCUT2D eigenvalue weighted by atomic mass is 16.4. The number of hydrogen-bond donors (Lipinski definition) is 9. The van der Waals surface area contributed by atoms with Gasteiger partial charge in [-0.05, 0) is 52.4 Å². The molecule has 5 atom stereocenters. The second kappa shape index (κ2) is 19.0. The van der Waals surface area contributed by atoms with E-state index in [0.717, 1.165) is 0 Å². The summed E-state index contributed by atoms with van der Waals surface area (Å²) in [4.78, 5) is 106. The van der Waals surface area contributed by atoms with Gasteiger partial charge in [0.2, 0.25) is 41.4 Å². The highest BCUT2D eigenvalue weighted by Gasteiger charge is 2.38. The summed E-state index contributed by atoms with van der Waals surface area (Å²) >= 11 is 0. The molecular weight excluding hydrogens is 634 g/mol. The summed E-state index contributed by atoms with van der Waals surface area (Å²) in [5.41, 5.74) is 15.9. The molecule has 0 aromatic heterocycles. The Morgan fingerprint density at radius 3 is 2.00 bits per heavy atom. The lowest BCUT2D eigenvalue weighted by Gasteiger charge is -2.28. The van der Waals surface area contributed by atoms with Gasteiger partial charge in [0.05, 0.1) is 19.6 Å². The van der Waals surface area contributed by atoms with Crippen LogP contribution in [0.3, 0.4) is 0 Å². The van der Waals surface area contributed by atoms with E-state index in [-0.39, 0.29) is 37.9 Å². The summed E-state index contributed by atoms with van der Waals surface area (Å²) in [5.74, 6) is -5.56. The lowest BCUT2D eigenvalue weighted by atomic mass is 10.1. The van der Waals surface area contributed by atoms with Gasteiger partial charge in [-0.3, -0.25) is 38.6 Å². The number of amides is 7. The number of aliphatic carboxylic acids is 1. The first-order valence-electron chi connectivity index (χ1n) is 15.7. The van der Waals surface area contributed by atoms with E-state index in [1.807, 2.05) is 0 Å². The molecule has 0 aliphatic carbocycles. The number of carboxylic acid groups (broad SMARTS) is 1. The van der Waals surface area contributed by atoms with Gasteiger partial charge in [-0.15, -0.1) is 0 Å². The van der Waals surface area contributed by atoms with Gasteiger partial charge in [-0.25, -0.2) is 4.79 Å². The van der Waals surface area contributed by atoms with Crippen LogP contribution in [0.4, 0.5) is 0 Å². The molecule has 2 fully saturated rings. The SMILES string of the molecule is C[C@H](NC(=O)[C@@H]1CCCN1C(=O)CN)C(=O)NCC(=O)NCC(=O)N[C@@H](C)C(=O)N1CCC[C@H]1C(=O)N[C@@H](CCCN=C(N)N)C(=O)O. The number of nitrogens with two attached hydrogens (primary N) is 3. The van der Waals surface area contributed by atoms with Gasteiger partial charge >= 0.3 is 5.97 Å². The highest BCUT2D eigenvalue weighted by molar-refractivity contribution is 5.96. The van der Waals surface area contributed by atoms with Crippen molar-refractivity contribution in [3.63, 3.8) is 0 Å². The van der Waals surface area contributed by atoms with Crippen LogP contribution in [0.5, 0.6) is 0 Å². The maximum atomic E-state index is 13.1. The topological polar surface area (TPSA) is 314 Å². The summed E-state index contributed by atoms with van der Waals surface area (Å²) in [6, 6.07) is -4.97. The molecule has 20 heteroatoms. The molecule has 0 saturated carbocycles. The summed E-state index contributed by atoms with van der Waals surface area (Å²) in [5, 5.41) is 21.6. The normalized spacial score (nSPS) is 18.9. The Hall–Kier alpha value is -5.01. The molecule has 2 saturated heterocycles.